The summed E-state index contributed by atoms with van der Waals surface area (Å²) in [6.45, 7) is 4.58. The maximum absolute atomic E-state index is 10.8. The van der Waals surface area contributed by atoms with Crippen LogP contribution in [-0.4, -0.2) is 23.9 Å². The maximum atomic E-state index is 10.8. The summed E-state index contributed by atoms with van der Waals surface area (Å²) in [6.07, 6.45) is 4.13. The lowest BCUT2D eigenvalue weighted by molar-refractivity contribution is -0.139. The summed E-state index contributed by atoms with van der Waals surface area (Å²) < 4.78 is 0. The molecule has 0 radical (unpaired) electrons. The van der Waals surface area contributed by atoms with Crippen LogP contribution in [0.5, 0.6) is 0 Å². The fraction of sp³-hybridized carbons (Fsp3) is 0.818. The highest BCUT2D eigenvalue weighted by Gasteiger charge is 2.61. The average molecular weight is 211 g/mol. The third-order valence-electron chi connectivity index (χ3n) is 3.48. The lowest BCUT2D eigenvalue weighted by atomic mass is 10.1. The second kappa shape index (κ2) is 3.51. The number of carboxylic acids is 1. The van der Waals surface area contributed by atoms with Gasteiger partial charge in [0.2, 0.25) is 0 Å². The van der Waals surface area contributed by atoms with Gasteiger partial charge in [-0.1, -0.05) is 19.0 Å². The molecule has 0 aromatic carbocycles. The summed E-state index contributed by atoms with van der Waals surface area (Å²) in [6, 6.07) is 0. The van der Waals surface area contributed by atoms with Crippen molar-refractivity contribution in [3.05, 3.63) is 0 Å². The van der Waals surface area contributed by atoms with Gasteiger partial charge in [0.15, 0.2) is 0 Å². The van der Waals surface area contributed by atoms with Crippen molar-refractivity contribution < 1.29 is 14.7 Å². The summed E-state index contributed by atoms with van der Waals surface area (Å²) in [5.41, 5.74) is -0.168. The van der Waals surface area contributed by atoms with Crippen LogP contribution in [0.1, 0.15) is 26.7 Å². The summed E-state index contributed by atoms with van der Waals surface area (Å²) in [5, 5.41) is 12.8. The van der Waals surface area contributed by atoms with Crippen molar-refractivity contribution in [2.24, 2.45) is 28.3 Å². The monoisotopic (exact) mass is 211 g/mol. The van der Waals surface area contributed by atoms with Gasteiger partial charge in [0, 0.05) is 12.1 Å². The van der Waals surface area contributed by atoms with E-state index in [0.29, 0.717) is 12.5 Å². The quantitative estimate of drug-likeness (QED) is 0.556. The second-order valence-electron chi connectivity index (χ2n) is 5.16. The van der Waals surface area contributed by atoms with E-state index in [1.54, 1.807) is 6.21 Å². The van der Waals surface area contributed by atoms with Gasteiger partial charge >= 0.3 is 5.97 Å². The van der Waals surface area contributed by atoms with E-state index in [-0.39, 0.29) is 17.3 Å². The average Bonchev–Trinajstić information content (AvgIpc) is 2.98. The minimum absolute atomic E-state index is 0.0224. The third-order valence-corrected chi connectivity index (χ3v) is 3.48. The molecule has 1 N–H and O–H groups in total. The molecule has 4 heteroatoms. The number of hydrogen-bond donors (Lipinski definition) is 1. The molecule has 0 spiro atoms. The molecule has 2 fully saturated rings. The molecule has 2 aliphatic carbocycles. The standard InChI is InChI=1S/C11H17NO3/c1-11(2)8(9(11)10(13)14)5-12-15-6-7-3-4-7/h5,7-9H,3-4,6H2,1-2H3,(H,13,14)/b12-5+/t8?,9-/m0/s1. The normalized spacial score (nSPS) is 32.9. The molecule has 0 bridgehead atoms. The van der Waals surface area contributed by atoms with Gasteiger partial charge in [-0.25, -0.2) is 0 Å². The molecule has 2 rings (SSSR count). The maximum Gasteiger partial charge on any atom is 0.307 e. The number of oxime groups is 1. The Labute approximate surface area is 89.3 Å². The molecule has 2 atom stereocenters. The second-order valence-corrected chi connectivity index (χ2v) is 5.16. The predicted molar refractivity (Wildman–Crippen MR) is 55.6 cm³/mol. The first-order chi connectivity index (χ1) is 7.03. The summed E-state index contributed by atoms with van der Waals surface area (Å²) in [7, 11) is 0. The van der Waals surface area contributed by atoms with Crippen LogP contribution in [0.3, 0.4) is 0 Å². The summed E-state index contributed by atoms with van der Waals surface area (Å²) in [5.74, 6) is -0.330. The van der Waals surface area contributed by atoms with Crippen molar-refractivity contribution >= 4 is 12.2 Å². The first-order valence-corrected chi connectivity index (χ1v) is 5.41. The van der Waals surface area contributed by atoms with Gasteiger partial charge < -0.3 is 9.94 Å². The Kier molecular flexibility index (Phi) is 2.44. The molecular formula is C11H17NO3. The number of carboxylic acid groups (broad SMARTS) is 1. The van der Waals surface area contributed by atoms with Gasteiger partial charge in [0.1, 0.15) is 6.61 Å². The van der Waals surface area contributed by atoms with Crippen LogP contribution >= 0.6 is 0 Å². The molecule has 1 unspecified atom stereocenters. The van der Waals surface area contributed by atoms with Crippen LogP contribution in [0.2, 0.25) is 0 Å². The minimum Gasteiger partial charge on any atom is -0.481 e. The first-order valence-electron chi connectivity index (χ1n) is 5.41. The van der Waals surface area contributed by atoms with Gasteiger partial charge in [-0.3, -0.25) is 4.79 Å². The fourth-order valence-corrected chi connectivity index (χ4v) is 1.97. The van der Waals surface area contributed by atoms with E-state index in [0.717, 1.165) is 0 Å². The molecule has 2 saturated carbocycles. The van der Waals surface area contributed by atoms with E-state index in [1.807, 2.05) is 13.8 Å². The largest absolute Gasteiger partial charge is 0.481 e. The van der Waals surface area contributed by atoms with Crippen LogP contribution < -0.4 is 0 Å². The number of nitrogens with zero attached hydrogens (tertiary/aromatic N) is 1. The van der Waals surface area contributed by atoms with Gasteiger partial charge in [0.05, 0.1) is 5.92 Å². The van der Waals surface area contributed by atoms with Crippen LogP contribution in [0.25, 0.3) is 0 Å². The molecule has 0 aliphatic heterocycles. The zero-order valence-electron chi connectivity index (χ0n) is 9.14. The van der Waals surface area contributed by atoms with Gasteiger partial charge in [-0.15, -0.1) is 0 Å². The molecule has 2 aliphatic rings. The van der Waals surface area contributed by atoms with Gasteiger partial charge in [-0.05, 0) is 24.2 Å². The molecule has 0 aromatic heterocycles. The first kappa shape index (κ1) is 10.5. The van der Waals surface area contributed by atoms with Crippen molar-refractivity contribution in [3.63, 3.8) is 0 Å². The van der Waals surface area contributed by atoms with Crippen molar-refractivity contribution in [2.45, 2.75) is 26.7 Å². The number of hydrogen-bond acceptors (Lipinski definition) is 3. The van der Waals surface area contributed by atoms with Crippen molar-refractivity contribution in [1.82, 2.24) is 0 Å². The lowest BCUT2D eigenvalue weighted by Crippen LogP contribution is -2.03. The van der Waals surface area contributed by atoms with E-state index in [1.165, 1.54) is 12.8 Å². The number of aliphatic carboxylic acids is 1. The molecule has 0 saturated heterocycles. The molecular weight excluding hydrogens is 194 g/mol. The Morgan fingerprint density at radius 2 is 2.27 bits per heavy atom. The molecule has 0 heterocycles. The zero-order chi connectivity index (χ0) is 11.1. The highest BCUT2D eigenvalue weighted by atomic mass is 16.6. The predicted octanol–water partition coefficient (Wildman–Crippen LogP) is 1.76. The Bertz CT molecular complexity index is 294. The number of rotatable bonds is 5. The molecule has 15 heavy (non-hydrogen) atoms. The van der Waals surface area contributed by atoms with Crippen LogP contribution in [-0.2, 0) is 9.63 Å². The van der Waals surface area contributed by atoms with Crippen molar-refractivity contribution in [3.8, 4) is 0 Å². The Balaban J connectivity index is 1.77. The van der Waals surface area contributed by atoms with Crippen LogP contribution in [0, 0.1) is 23.2 Å². The minimum atomic E-state index is -0.737. The topological polar surface area (TPSA) is 58.9 Å². The van der Waals surface area contributed by atoms with Crippen LogP contribution in [0.4, 0.5) is 0 Å². The Hall–Kier alpha value is -1.06. The van der Waals surface area contributed by atoms with E-state index in [4.69, 9.17) is 9.94 Å². The van der Waals surface area contributed by atoms with E-state index < -0.39 is 5.97 Å². The molecule has 4 nitrogen and oxygen atoms in total. The van der Waals surface area contributed by atoms with Crippen molar-refractivity contribution in [2.75, 3.05) is 6.61 Å². The Morgan fingerprint density at radius 1 is 1.60 bits per heavy atom. The fourth-order valence-electron chi connectivity index (χ4n) is 1.97. The summed E-state index contributed by atoms with van der Waals surface area (Å²) in [4.78, 5) is 15.9. The van der Waals surface area contributed by atoms with Crippen LogP contribution in [0.15, 0.2) is 5.16 Å². The van der Waals surface area contributed by atoms with E-state index in [2.05, 4.69) is 5.16 Å². The molecule has 0 aromatic rings. The lowest BCUT2D eigenvalue weighted by Gasteiger charge is -1.97. The Morgan fingerprint density at radius 3 is 2.73 bits per heavy atom. The third kappa shape index (κ3) is 2.13. The summed E-state index contributed by atoms with van der Waals surface area (Å²) >= 11 is 0. The molecule has 84 valence electrons. The van der Waals surface area contributed by atoms with Crippen molar-refractivity contribution in [1.29, 1.82) is 0 Å². The van der Waals surface area contributed by atoms with E-state index >= 15 is 0 Å². The van der Waals surface area contributed by atoms with Gasteiger partial charge in [-0.2, -0.15) is 0 Å². The SMILES string of the molecule is CC1(C)C(/C=N/OCC2CC2)[C@H]1C(=O)O. The zero-order valence-corrected chi connectivity index (χ0v) is 9.14. The highest BCUT2D eigenvalue weighted by Crippen LogP contribution is 2.57. The number of carbonyl (C=O) groups is 1. The van der Waals surface area contributed by atoms with E-state index in [9.17, 15) is 4.79 Å². The smallest absolute Gasteiger partial charge is 0.307 e. The molecule has 0 amide bonds. The highest BCUT2D eigenvalue weighted by molar-refractivity contribution is 5.84. The van der Waals surface area contributed by atoms with Gasteiger partial charge in [0.25, 0.3) is 0 Å².